The second kappa shape index (κ2) is 10.9. The predicted octanol–water partition coefficient (Wildman–Crippen LogP) is 4.06. The van der Waals surface area contributed by atoms with Gasteiger partial charge in [0, 0.05) is 12.1 Å². The molecule has 0 fully saturated rings. The summed E-state index contributed by atoms with van der Waals surface area (Å²) in [6.45, 7) is 4.94. The van der Waals surface area contributed by atoms with Gasteiger partial charge >= 0.3 is 5.97 Å². The van der Waals surface area contributed by atoms with Crippen LogP contribution in [0.5, 0.6) is 11.5 Å². The van der Waals surface area contributed by atoms with Gasteiger partial charge in [-0.15, -0.1) is 0 Å². The zero-order valence-corrected chi connectivity index (χ0v) is 15.7. The van der Waals surface area contributed by atoms with Gasteiger partial charge in [-0.3, -0.25) is 4.79 Å². The van der Waals surface area contributed by atoms with E-state index >= 15 is 0 Å². The summed E-state index contributed by atoms with van der Waals surface area (Å²) in [6.07, 6.45) is 0.865. The minimum Gasteiger partial charge on any atom is -0.490 e. The lowest BCUT2D eigenvalue weighted by Crippen LogP contribution is -2.13. The monoisotopic (exact) mass is 371 g/mol. The van der Waals surface area contributed by atoms with Crippen LogP contribution in [-0.2, 0) is 9.53 Å². The van der Waals surface area contributed by atoms with Crippen LogP contribution in [0.3, 0.4) is 0 Å². The van der Waals surface area contributed by atoms with E-state index in [1.54, 1.807) is 31.2 Å². The van der Waals surface area contributed by atoms with E-state index in [2.05, 4.69) is 5.32 Å². The van der Waals surface area contributed by atoms with Crippen LogP contribution in [0.2, 0.25) is 0 Å². The molecular formula is C21H25NO5. The second-order valence-corrected chi connectivity index (χ2v) is 5.68. The molecule has 0 heterocycles. The number of ether oxygens (including phenoxy) is 3. The highest BCUT2D eigenvalue weighted by Gasteiger charge is 2.09. The summed E-state index contributed by atoms with van der Waals surface area (Å²) in [7, 11) is 0. The molecule has 0 radical (unpaired) electrons. The molecule has 6 heteroatoms. The van der Waals surface area contributed by atoms with Crippen LogP contribution >= 0.6 is 0 Å². The van der Waals surface area contributed by atoms with Crippen molar-refractivity contribution in [3.63, 3.8) is 0 Å². The summed E-state index contributed by atoms with van der Waals surface area (Å²) in [5.74, 6) is 0.815. The third kappa shape index (κ3) is 6.66. The van der Waals surface area contributed by atoms with Crippen molar-refractivity contribution in [3.8, 4) is 11.5 Å². The number of esters is 1. The topological polar surface area (TPSA) is 73.9 Å². The van der Waals surface area contributed by atoms with E-state index in [0.29, 0.717) is 55.4 Å². The number of benzene rings is 2. The van der Waals surface area contributed by atoms with E-state index in [9.17, 15) is 9.59 Å². The maximum absolute atomic E-state index is 12.1. The first kappa shape index (κ1) is 20.3. The van der Waals surface area contributed by atoms with Gasteiger partial charge < -0.3 is 19.5 Å². The van der Waals surface area contributed by atoms with Gasteiger partial charge in [0.15, 0.2) is 11.5 Å². The normalized spacial score (nSPS) is 10.1. The van der Waals surface area contributed by atoms with Gasteiger partial charge in [0.05, 0.1) is 25.4 Å². The standard InChI is InChI=1S/C21H25NO5/c1-3-25-18-11-5-6-12-19(18)27-14-8-13-20(23)22-17-10-7-9-16(15-17)21(24)26-4-2/h5-7,9-12,15H,3-4,8,13-14H2,1-2H3,(H,22,23). The Morgan fingerprint density at radius 3 is 2.37 bits per heavy atom. The minimum atomic E-state index is -0.407. The molecule has 1 N–H and O–H groups in total. The van der Waals surface area contributed by atoms with Gasteiger partial charge in [0.25, 0.3) is 0 Å². The molecule has 0 bridgehead atoms. The van der Waals surface area contributed by atoms with Gasteiger partial charge in [-0.1, -0.05) is 18.2 Å². The van der Waals surface area contributed by atoms with E-state index in [-0.39, 0.29) is 5.91 Å². The summed E-state index contributed by atoms with van der Waals surface area (Å²) in [5, 5.41) is 2.78. The van der Waals surface area contributed by atoms with Crippen molar-refractivity contribution in [2.45, 2.75) is 26.7 Å². The number of nitrogens with one attached hydrogen (secondary N) is 1. The number of rotatable bonds is 10. The average Bonchev–Trinajstić information content (AvgIpc) is 2.67. The lowest BCUT2D eigenvalue weighted by molar-refractivity contribution is -0.116. The summed E-state index contributed by atoms with van der Waals surface area (Å²) < 4.78 is 16.2. The first-order valence-corrected chi connectivity index (χ1v) is 9.05. The summed E-state index contributed by atoms with van der Waals surface area (Å²) >= 11 is 0. The number of carbonyl (C=O) groups is 2. The molecule has 2 rings (SSSR count). The van der Waals surface area contributed by atoms with Crippen LogP contribution in [-0.4, -0.2) is 31.7 Å². The molecule has 144 valence electrons. The Labute approximate surface area is 159 Å². The van der Waals surface area contributed by atoms with Crippen molar-refractivity contribution >= 4 is 17.6 Å². The molecular weight excluding hydrogens is 346 g/mol. The van der Waals surface area contributed by atoms with E-state index in [1.165, 1.54) is 0 Å². The molecule has 27 heavy (non-hydrogen) atoms. The smallest absolute Gasteiger partial charge is 0.338 e. The second-order valence-electron chi connectivity index (χ2n) is 5.68. The molecule has 2 aromatic carbocycles. The summed E-state index contributed by atoms with van der Waals surface area (Å²) in [6, 6.07) is 14.1. The lowest BCUT2D eigenvalue weighted by atomic mass is 10.2. The van der Waals surface area contributed by atoms with Crippen molar-refractivity contribution in [1.29, 1.82) is 0 Å². The Hall–Kier alpha value is -3.02. The highest BCUT2D eigenvalue weighted by molar-refractivity contribution is 5.94. The van der Waals surface area contributed by atoms with Crippen molar-refractivity contribution in [2.75, 3.05) is 25.1 Å². The molecule has 0 spiro atoms. The fourth-order valence-electron chi connectivity index (χ4n) is 2.42. The third-order valence-corrected chi connectivity index (χ3v) is 3.61. The van der Waals surface area contributed by atoms with Crippen molar-refractivity contribution in [2.24, 2.45) is 0 Å². The van der Waals surface area contributed by atoms with Crippen LogP contribution < -0.4 is 14.8 Å². The Bertz CT molecular complexity index is 760. The van der Waals surface area contributed by atoms with Crippen molar-refractivity contribution in [1.82, 2.24) is 0 Å². The Morgan fingerprint density at radius 1 is 0.926 bits per heavy atom. The number of hydrogen-bond acceptors (Lipinski definition) is 5. The molecule has 0 aliphatic rings. The zero-order valence-electron chi connectivity index (χ0n) is 15.7. The number of carbonyl (C=O) groups excluding carboxylic acids is 2. The fraction of sp³-hybridized carbons (Fsp3) is 0.333. The molecule has 0 unspecified atom stereocenters. The van der Waals surface area contributed by atoms with Crippen molar-refractivity contribution in [3.05, 3.63) is 54.1 Å². The van der Waals surface area contributed by atoms with Gasteiger partial charge in [-0.25, -0.2) is 4.79 Å². The lowest BCUT2D eigenvalue weighted by Gasteiger charge is -2.11. The maximum atomic E-state index is 12.1. The fourth-order valence-corrected chi connectivity index (χ4v) is 2.42. The van der Waals surface area contributed by atoms with Crippen LogP contribution in [0.1, 0.15) is 37.0 Å². The molecule has 0 aromatic heterocycles. The van der Waals surface area contributed by atoms with Gasteiger partial charge in [0.1, 0.15) is 0 Å². The Balaban J connectivity index is 1.78. The van der Waals surface area contributed by atoms with E-state index < -0.39 is 5.97 Å². The van der Waals surface area contributed by atoms with Gasteiger partial charge in [-0.2, -0.15) is 0 Å². The summed E-state index contributed by atoms with van der Waals surface area (Å²) in [5.41, 5.74) is 0.971. The molecule has 0 saturated carbocycles. The molecule has 0 saturated heterocycles. The number of anilines is 1. The van der Waals surface area contributed by atoms with Crippen LogP contribution in [0, 0.1) is 0 Å². The molecule has 0 atom stereocenters. The van der Waals surface area contributed by atoms with E-state index in [4.69, 9.17) is 14.2 Å². The SMILES string of the molecule is CCOC(=O)c1cccc(NC(=O)CCCOc2ccccc2OCC)c1. The Morgan fingerprint density at radius 2 is 1.67 bits per heavy atom. The van der Waals surface area contributed by atoms with Gasteiger partial charge in [-0.05, 0) is 50.6 Å². The van der Waals surface area contributed by atoms with Crippen molar-refractivity contribution < 1.29 is 23.8 Å². The van der Waals surface area contributed by atoms with Crippen LogP contribution in [0.4, 0.5) is 5.69 Å². The number of para-hydroxylation sites is 2. The molecule has 1 amide bonds. The molecule has 0 aliphatic carbocycles. The molecule has 6 nitrogen and oxygen atoms in total. The number of amides is 1. The maximum Gasteiger partial charge on any atom is 0.338 e. The molecule has 2 aromatic rings. The van der Waals surface area contributed by atoms with E-state index in [1.807, 2.05) is 31.2 Å². The number of hydrogen-bond donors (Lipinski definition) is 1. The highest BCUT2D eigenvalue weighted by Crippen LogP contribution is 2.26. The summed E-state index contributed by atoms with van der Waals surface area (Å²) in [4.78, 5) is 23.8. The molecule has 0 aliphatic heterocycles. The minimum absolute atomic E-state index is 0.141. The quantitative estimate of drug-likeness (QED) is 0.504. The average molecular weight is 371 g/mol. The van der Waals surface area contributed by atoms with Crippen LogP contribution in [0.15, 0.2) is 48.5 Å². The van der Waals surface area contributed by atoms with E-state index in [0.717, 1.165) is 0 Å². The third-order valence-electron chi connectivity index (χ3n) is 3.61. The van der Waals surface area contributed by atoms with Gasteiger partial charge in [0.2, 0.25) is 5.91 Å². The zero-order chi connectivity index (χ0) is 19.5. The van der Waals surface area contributed by atoms with Crippen LogP contribution in [0.25, 0.3) is 0 Å². The largest absolute Gasteiger partial charge is 0.490 e. The Kier molecular flexibility index (Phi) is 8.16. The highest BCUT2D eigenvalue weighted by atomic mass is 16.5. The first-order chi connectivity index (χ1) is 13.1. The predicted molar refractivity (Wildman–Crippen MR) is 103 cm³/mol. The first-order valence-electron chi connectivity index (χ1n) is 9.05.